The van der Waals surface area contributed by atoms with Gasteiger partial charge in [0.25, 0.3) is 5.91 Å². The van der Waals surface area contributed by atoms with Gasteiger partial charge in [0.05, 0.1) is 5.69 Å². The van der Waals surface area contributed by atoms with E-state index in [0.29, 0.717) is 5.69 Å². The van der Waals surface area contributed by atoms with Gasteiger partial charge < -0.3 is 9.97 Å². The second-order valence-corrected chi connectivity index (χ2v) is 5.28. The Hall–Kier alpha value is -3.48. The van der Waals surface area contributed by atoms with Crippen molar-refractivity contribution >= 4 is 23.5 Å². The molecule has 0 radical (unpaired) electrons. The highest BCUT2D eigenvalue weighted by molar-refractivity contribution is 6.13. The largest absolute Gasteiger partial charge is 0.342 e. The fourth-order valence-electron chi connectivity index (χ4n) is 2.76. The molecule has 0 saturated heterocycles. The van der Waals surface area contributed by atoms with Crippen LogP contribution in [0.4, 0.5) is 5.69 Å². The minimum absolute atomic E-state index is 0.178. The molecule has 0 saturated carbocycles. The molecule has 1 amide bonds. The first-order valence-corrected chi connectivity index (χ1v) is 7.39. The lowest BCUT2D eigenvalue weighted by molar-refractivity contribution is 0.0903. The molecule has 0 aliphatic carbocycles. The summed E-state index contributed by atoms with van der Waals surface area (Å²) in [5.74, 6) is -0.272. The van der Waals surface area contributed by atoms with Gasteiger partial charge in [-0.15, -0.1) is 0 Å². The Morgan fingerprint density at radius 2 is 1.71 bits per heavy atom. The van der Waals surface area contributed by atoms with Crippen molar-refractivity contribution in [1.82, 2.24) is 19.9 Å². The fourth-order valence-corrected chi connectivity index (χ4v) is 2.76. The van der Waals surface area contributed by atoms with Gasteiger partial charge in [0.2, 0.25) is 5.78 Å². The number of ketones is 1. The normalized spacial score (nSPS) is 16.0. The van der Waals surface area contributed by atoms with E-state index in [1.165, 1.54) is 17.3 Å². The maximum Gasteiger partial charge on any atom is 0.295 e. The molecule has 0 fully saturated rings. The van der Waals surface area contributed by atoms with Crippen molar-refractivity contribution in [3.63, 3.8) is 0 Å². The number of fused-ring (bicyclic) bond motifs is 1. The average Bonchev–Trinajstić information content (AvgIpc) is 3.32. The monoisotopic (exact) mass is 319 g/mol. The van der Waals surface area contributed by atoms with Crippen molar-refractivity contribution < 1.29 is 9.59 Å². The molecule has 0 bridgehead atoms. The average molecular weight is 319 g/mol. The van der Waals surface area contributed by atoms with E-state index in [-0.39, 0.29) is 23.3 Å². The van der Waals surface area contributed by atoms with Crippen LogP contribution in [0.3, 0.4) is 0 Å². The number of benzene rings is 1. The first kappa shape index (κ1) is 14.1. The zero-order chi connectivity index (χ0) is 16.5. The van der Waals surface area contributed by atoms with E-state index < -0.39 is 6.04 Å². The third kappa shape index (κ3) is 2.23. The molecular weight excluding hydrogens is 306 g/mol. The summed E-state index contributed by atoms with van der Waals surface area (Å²) in [5, 5.41) is 0. The lowest BCUT2D eigenvalue weighted by atomic mass is 9.99. The molecule has 1 atom stereocenters. The SMILES string of the molecule is O=C(c1ncc[nH]1)C1C=Cc2ccccc2N1C(=O)c1ncc[nH]1. The summed E-state index contributed by atoms with van der Waals surface area (Å²) in [4.78, 5) is 40.8. The molecular formula is C17H13N5O2. The standard InChI is InChI=1S/C17H13N5O2/c23-14(15-18-7-8-19-15)13-6-5-11-3-1-2-4-12(11)22(13)17(24)16-20-9-10-21-16/h1-10,13H,(H,18,19)(H,20,21). The Kier molecular flexibility index (Phi) is 3.31. The summed E-state index contributed by atoms with van der Waals surface area (Å²) in [6, 6.07) is 6.62. The number of aromatic amines is 2. The Balaban J connectivity index is 1.81. The van der Waals surface area contributed by atoms with E-state index in [9.17, 15) is 9.59 Å². The third-order valence-corrected chi connectivity index (χ3v) is 3.85. The van der Waals surface area contributed by atoms with Gasteiger partial charge in [0.1, 0.15) is 6.04 Å². The molecule has 7 heteroatoms. The number of H-pyrrole nitrogens is 2. The van der Waals surface area contributed by atoms with Crippen molar-refractivity contribution in [2.45, 2.75) is 6.04 Å². The Bertz CT molecular complexity index is 912. The number of hydrogen-bond acceptors (Lipinski definition) is 4. The minimum Gasteiger partial charge on any atom is -0.342 e. The van der Waals surface area contributed by atoms with E-state index in [2.05, 4.69) is 19.9 Å². The lowest BCUT2D eigenvalue weighted by Gasteiger charge is -2.32. The van der Waals surface area contributed by atoms with Gasteiger partial charge in [-0.1, -0.05) is 30.4 Å². The Morgan fingerprint density at radius 1 is 1.00 bits per heavy atom. The van der Waals surface area contributed by atoms with Crippen LogP contribution in [0, 0.1) is 0 Å². The van der Waals surface area contributed by atoms with E-state index >= 15 is 0 Å². The van der Waals surface area contributed by atoms with Gasteiger partial charge >= 0.3 is 0 Å². The van der Waals surface area contributed by atoms with Crippen molar-refractivity contribution in [1.29, 1.82) is 0 Å². The highest BCUT2D eigenvalue weighted by Gasteiger charge is 2.35. The summed E-state index contributed by atoms with van der Waals surface area (Å²) < 4.78 is 0. The Labute approximate surface area is 137 Å². The molecule has 0 spiro atoms. The molecule has 2 aromatic heterocycles. The summed E-state index contributed by atoms with van der Waals surface area (Å²) >= 11 is 0. The first-order valence-electron chi connectivity index (χ1n) is 7.39. The quantitative estimate of drug-likeness (QED) is 0.722. The molecule has 3 heterocycles. The zero-order valence-electron chi connectivity index (χ0n) is 12.5. The molecule has 118 valence electrons. The van der Waals surface area contributed by atoms with Gasteiger partial charge in [-0.05, 0) is 11.6 Å². The van der Waals surface area contributed by atoms with Gasteiger partial charge in [-0.3, -0.25) is 14.5 Å². The van der Waals surface area contributed by atoms with Crippen LogP contribution in [-0.2, 0) is 0 Å². The van der Waals surface area contributed by atoms with Crippen LogP contribution < -0.4 is 4.90 Å². The summed E-state index contributed by atoms with van der Waals surface area (Å²) in [5.41, 5.74) is 1.52. The van der Waals surface area contributed by atoms with E-state index in [1.807, 2.05) is 30.3 Å². The molecule has 4 rings (SSSR count). The number of nitrogens with zero attached hydrogens (tertiary/aromatic N) is 3. The van der Waals surface area contributed by atoms with Crippen LogP contribution in [0.5, 0.6) is 0 Å². The smallest absolute Gasteiger partial charge is 0.295 e. The summed E-state index contributed by atoms with van der Waals surface area (Å²) in [7, 11) is 0. The van der Waals surface area contributed by atoms with Crippen molar-refractivity contribution in [2.75, 3.05) is 4.90 Å². The van der Waals surface area contributed by atoms with Crippen molar-refractivity contribution in [3.8, 4) is 0 Å². The third-order valence-electron chi connectivity index (χ3n) is 3.85. The number of nitrogens with one attached hydrogen (secondary N) is 2. The molecule has 1 unspecified atom stereocenters. The molecule has 7 nitrogen and oxygen atoms in total. The highest BCUT2D eigenvalue weighted by atomic mass is 16.2. The first-order chi connectivity index (χ1) is 11.8. The molecule has 3 aromatic rings. The molecule has 1 aliphatic rings. The van der Waals surface area contributed by atoms with Crippen LogP contribution in [0.1, 0.15) is 26.8 Å². The van der Waals surface area contributed by atoms with Crippen molar-refractivity contribution in [2.24, 2.45) is 0 Å². The van der Waals surface area contributed by atoms with Gasteiger partial charge in [-0.2, -0.15) is 0 Å². The Morgan fingerprint density at radius 3 is 2.42 bits per heavy atom. The molecule has 1 aromatic carbocycles. The van der Waals surface area contributed by atoms with E-state index in [4.69, 9.17) is 0 Å². The number of rotatable bonds is 3. The zero-order valence-corrected chi connectivity index (χ0v) is 12.5. The number of imidazole rings is 2. The number of amides is 1. The number of carbonyl (C=O) groups is 2. The van der Waals surface area contributed by atoms with Crippen LogP contribution in [0.25, 0.3) is 6.08 Å². The number of aromatic nitrogens is 4. The molecule has 2 N–H and O–H groups in total. The number of Topliss-reactive ketones (excluding diaryl/α,β-unsaturated/α-hetero) is 1. The van der Waals surface area contributed by atoms with Crippen molar-refractivity contribution in [3.05, 3.63) is 72.3 Å². The maximum absolute atomic E-state index is 12.9. The van der Waals surface area contributed by atoms with Crippen LogP contribution in [0.2, 0.25) is 0 Å². The summed E-state index contributed by atoms with van der Waals surface area (Å²) in [6.45, 7) is 0. The van der Waals surface area contributed by atoms with Crippen LogP contribution in [-0.4, -0.2) is 37.7 Å². The highest BCUT2D eigenvalue weighted by Crippen LogP contribution is 2.30. The maximum atomic E-state index is 12.9. The van der Waals surface area contributed by atoms with E-state index in [1.54, 1.807) is 18.5 Å². The van der Waals surface area contributed by atoms with Crippen LogP contribution in [0.15, 0.2) is 55.1 Å². The second-order valence-electron chi connectivity index (χ2n) is 5.28. The predicted molar refractivity (Wildman–Crippen MR) is 87.6 cm³/mol. The van der Waals surface area contributed by atoms with Crippen LogP contribution >= 0.6 is 0 Å². The fraction of sp³-hybridized carbons (Fsp3) is 0.0588. The number of anilines is 1. The minimum atomic E-state index is -0.788. The number of para-hydroxylation sites is 1. The number of hydrogen-bond donors (Lipinski definition) is 2. The van der Waals surface area contributed by atoms with Gasteiger partial charge in [0.15, 0.2) is 11.6 Å². The second kappa shape index (κ2) is 5.62. The molecule has 24 heavy (non-hydrogen) atoms. The lowest BCUT2D eigenvalue weighted by Crippen LogP contribution is -2.46. The topological polar surface area (TPSA) is 94.7 Å². The predicted octanol–water partition coefficient (Wildman–Crippen LogP) is 2.06. The van der Waals surface area contributed by atoms with E-state index in [0.717, 1.165) is 5.56 Å². The van der Waals surface area contributed by atoms with Gasteiger partial charge in [-0.25, -0.2) is 9.97 Å². The summed E-state index contributed by atoms with van der Waals surface area (Å²) in [6.07, 6.45) is 9.70. The number of carbonyl (C=O) groups excluding carboxylic acids is 2. The van der Waals surface area contributed by atoms with Gasteiger partial charge in [0, 0.05) is 24.8 Å². The molecule has 1 aliphatic heterocycles.